The SMILES string of the molecule is CCC(=O)N1C(=O)[C@](C)(C(=O)[C@H](C)[C@@H](CO[Si](C)(C)C(C)(C)C)O[Si](C)(C)C(C)(C)C)[C@H]1/C=C(\C)CO[Si](C)(C)C(C)(C)C. The van der Waals surface area contributed by atoms with Gasteiger partial charge < -0.3 is 13.3 Å². The lowest BCUT2D eigenvalue weighted by Crippen LogP contribution is -2.72. The fourth-order valence-corrected chi connectivity index (χ4v) is 7.86. The first kappa shape index (κ1) is 41.1. The van der Waals surface area contributed by atoms with Crippen LogP contribution in [0.25, 0.3) is 0 Å². The molecule has 1 fully saturated rings. The first-order valence-electron chi connectivity index (χ1n) is 16.4. The van der Waals surface area contributed by atoms with E-state index in [1.54, 1.807) is 13.8 Å². The molecule has 0 radical (unpaired) electrons. The van der Waals surface area contributed by atoms with Crippen molar-refractivity contribution in [2.24, 2.45) is 11.3 Å². The third-order valence-corrected chi connectivity index (χ3v) is 24.6. The number of amides is 2. The topological polar surface area (TPSA) is 82.1 Å². The number of rotatable bonds is 13. The van der Waals surface area contributed by atoms with Crippen molar-refractivity contribution in [3.05, 3.63) is 11.6 Å². The molecule has 0 aliphatic carbocycles. The summed E-state index contributed by atoms with van der Waals surface area (Å²) in [6.07, 6.45) is 1.58. The minimum absolute atomic E-state index is 0.00138. The van der Waals surface area contributed by atoms with Crippen LogP contribution < -0.4 is 0 Å². The van der Waals surface area contributed by atoms with Crippen LogP contribution in [0, 0.1) is 11.3 Å². The molecule has 0 aromatic heterocycles. The van der Waals surface area contributed by atoms with Gasteiger partial charge in [0.2, 0.25) is 11.8 Å². The molecule has 1 aliphatic rings. The second-order valence-corrected chi connectivity index (χ2v) is 32.1. The molecule has 1 heterocycles. The highest BCUT2D eigenvalue weighted by Gasteiger charge is 2.64. The third kappa shape index (κ3) is 8.70. The van der Waals surface area contributed by atoms with Crippen LogP contribution in [0.2, 0.25) is 54.4 Å². The maximum absolute atomic E-state index is 14.5. The van der Waals surface area contributed by atoms with E-state index >= 15 is 0 Å². The van der Waals surface area contributed by atoms with E-state index in [1.807, 2.05) is 19.9 Å². The van der Waals surface area contributed by atoms with Crippen molar-refractivity contribution in [1.82, 2.24) is 4.90 Å². The van der Waals surface area contributed by atoms with Crippen LogP contribution in [0.4, 0.5) is 0 Å². The van der Waals surface area contributed by atoms with Crippen molar-refractivity contribution < 1.29 is 27.7 Å². The molecule has 4 atom stereocenters. The van der Waals surface area contributed by atoms with E-state index in [0.29, 0.717) is 6.61 Å². The quantitative estimate of drug-likeness (QED) is 0.0844. The normalized spacial score (nSPS) is 22.5. The van der Waals surface area contributed by atoms with Gasteiger partial charge in [-0.3, -0.25) is 19.3 Å². The molecule has 256 valence electrons. The lowest BCUT2D eigenvalue weighted by Gasteiger charge is -2.53. The summed E-state index contributed by atoms with van der Waals surface area (Å²) in [5.74, 6) is -1.52. The second-order valence-electron chi connectivity index (χ2n) is 17.8. The monoisotopic (exact) mass is 669 g/mol. The lowest BCUT2D eigenvalue weighted by molar-refractivity contribution is -0.178. The molecule has 1 aliphatic heterocycles. The van der Waals surface area contributed by atoms with Gasteiger partial charge in [-0.05, 0) is 68.2 Å². The van der Waals surface area contributed by atoms with Gasteiger partial charge in [0.1, 0.15) is 5.41 Å². The van der Waals surface area contributed by atoms with E-state index in [9.17, 15) is 14.4 Å². The molecule has 0 saturated carbocycles. The Morgan fingerprint density at radius 3 is 1.70 bits per heavy atom. The number of β-lactam (4-membered cyclic amide) rings is 1. The van der Waals surface area contributed by atoms with Gasteiger partial charge >= 0.3 is 0 Å². The standard InChI is InChI=1S/C34H67NO6Si3/c1-20-28(36)35-27(21-24(2)22-39-42(14,15)31(4,5)6)34(13,30(35)38)29(37)25(3)26(41-44(18,19)33(10,11)12)23-40-43(16,17)32(7,8)9/h21,25-27H,20,22-23H2,1-19H3/b24-21+/t25-,26-,27-,34+/m1/s1. The maximum atomic E-state index is 14.5. The summed E-state index contributed by atoms with van der Waals surface area (Å²) >= 11 is 0. The number of carbonyl (C=O) groups is 3. The molecule has 0 unspecified atom stereocenters. The van der Waals surface area contributed by atoms with E-state index in [0.717, 1.165) is 5.57 Å². The molecule has 1 rings (SSSR count). The van der Waals surface area contributed by atoms with Gasteiger partial charge in [-0.25, -0.2) is 0 Å². The predicted octanol–water partition coefficient (Wildman–Crippen LogP) is 8.73. The van der Waals surface area contributed by atoms with Crippen LogP contribution in [0.5, 0.6) is 0 Å². The zero-order valence-electron chi connectivity index (χ0n) is 31.8. The summed E-state index contributed by atoms with van der Waals surface area (Å²) in [7, 11) is -6.46. The number of hydrogen-bond donors (Lipinski definition) is 0. The number of carbonyl (C=O) groups excluding carboxylic acids is 3. The second kappa shape index (κ2) is 13.7. The van der Waals surface area contributed by atoms with E-state index in [1.165, 1.54) is 4.90 Å². The van der Waals surface area contributed by atoms with E-state index < -0.39 is 54.3 Å². The first-order chi connectivity index (χ1) is 19.4. The van der Waals surface area contributed by atoms with Crippen LogP contribution in [-0.4, -0.2) is 72.8 Å². The Kier molecular flexibility index (Phi) is 12.8. The summed E-state index contributed by atoms with van der Waals surface area (Å²) in [6.45, 7) is 40.8. The van der Waals surface area contributed by atoms with Crippen molar-refractivity contribution in [3.63, 3.8) is 0 Å². The van der Waals surface area contributed by atoms with Gasteiger partial charge in [0.05, 0.1) is 25.4 Å². The van der Waals surface area contributed by atoms with Crippen LogP contribution in [0.15, 0.2) is 11.6 Å². The van der Waals surface area contributed by atoms with E-state index in [2.05, 4.69) is 102 Å². The molecule has 7 nitrogen and oxygen atoms in total. The minimum Gasteiger partial charge on any atom is -0.414 e. The highest BCUT2D eigenvalue weighted by Crippen LogP contribution is 2.46. The van der Waals surface area contributed by atoms with Gasteiger partial charge in [-0.15, -0.1) is 0 Å². The Hall–Kier alpha value is -0.919. The van der Waals surface area contributed by atoms with Crippen molar-refractivity contribution in [2.45, 2.75) is 163 Å². The Morgan fingerprint density at radius 1 is 0.864 bits per heavy atom. The molecule has 0 bridgehead atoms. The number of hydrogen-bond acceptors (Lipinski definition) is 6. The van der Waals surface area contributed by atoms with Gasteiger partial charge in [0.15, 0.2) is 30.7 Å². The number of imide groups is 1. The zero-order chi connectivity index (χ0) is 35.1. The Morgan fingerprint density at radius 2 is 1.30 bits per heavy atom. The predicted molar refractivity (Wildman–Crippen MR) is 190 cm³/mol. The first-order valence-corrected chi connectivity index (χ1v) is 25.2. The largest absolute Gasteiger partial charge is 0.414 e. The number of likely N-dealkylation sites (tertiary alicyclic amines) is 1. The van der Waals surface area contributed by atoms with E-state index in [4.69, 9.17) is 13.3 Å². The molecule has 0 N–H and O–H groups in total. The van der Waals surface area contributed by atoms with Crippen LogP contribution >= 0.6 is 0 Å². The molecule has 1 saturated heterocycles. The zero-order valence-corrected chi connectivity index (χ0v) is 34.8. The van der Waals surface area contributed by atoms with Gasteiger partial charge in [-0.2, -0.15) is 0 Å². The molecule has 44 heavy (non-hydrogen) atoms. The van der Waals surface area contributed by atoms with Crippen molar-refractivity contribution in [1.29, 1.82) is 0 Å². The van der Waals surface area contributed by atoms with Gasteiger partial charge in [-0.1, -0.05) is 87.8 Å². The summed E-state index contributed by atoms with van der Waals surface area (Å²) in [4.78, 5) is 42.5. The lowest BCUT2D eigenvalue weighted by atomic mass is 9.65. The van der Waals surface area contributed by atoms with Crippen molar-refractivity contribution in [2.75, 3.05) is 13.2 Å². The fraction of sp³-hybridized carbons (Fsp3) is 0.853. The number of nitrogens with zero attached hydrogens (tertiary/aromatic N) is 1. The van der Waals surface area contributed by atoms with Gasteiger partial charge in [0.25, 0.3) is 0 Å². The molecular weight excluding hydrogens is 603 g/mol. The van der Waals surface area contributed by atoms with Crippen molar-refractivity contribution in [3.8, 4) is 0 Å². The molecule has 0 aromatic carbocycles. The van der Waals surface area contributed by atoms with Crippen LogP contribution in [0.3, 0.4) is 0 Å². The average molecular weight is 670 g/mol. The smallest absolute Gasteiger partial charge is 0.245 e. The Bertz CT molecular complexity index is 1090. The number of ketones is 1. The third-order valence-electron chi connectivity index (χ3n) is 11.2. The number of Topliss-reactive ketones (excluding diaryl/α,β-unsaturated/α-hetero) is 1. The summed E-state index contributed by atoms with van der Waals surface area (Å²) in [6, 6.07) is -0.671. The Labute approximate surface area is 273 Å². The van der Waals surface area contributed by atoms with Gasteiger partial charge in [0, 0.05) is 12.3 Å². The van der Waals surface area contributed by atoms with Crippen molar-refractivity contribution >= 4 is 42.5 Å². The molecule has 10 heteroatoms. The fourth-order valence-electron chi connectivity index (χ4n) is 4.44. The summed E-state index contributed by atoms with van der Waals surface area (Å²) < 4.78 is 20.0. The highest BCUT2D eigenvalue weighted by molar-refractivity contribution is 6.75. The van der Waals surface area contributed by atoms with Crippen LogP contribution in [0.1, 0.15) is 96.4 Å². The molecule has 2 amide bonds. The summed E-state index contributed by atoms with van der Waals surface area (Å²) in [5.41, 5.74) is -0.475. The van der Waals surface area contributed by atoms with E-state index in [-0.39, 0.29) is 39.8 Å². The highest BCUT2D eigenvalue weighted by atomic mass is 28.4. The molecule has 0 spiro atoms. The molecule has 0 aromatic rings. The average Bonchev–Trinajstić information content (AvgIpc) is 2.85. The Balaban J connectivity index is 3.53. The van der Waals surface area contributed by atoms with Crippen LogP contribution in [-0.2, 0) is 27.7 Å². The minimum atomic E-state index is -2.30. The summed E-state index contributed by atoms with van der Waals surface area (Å²) in [5, 5.41) is -0.0217. The molecular formula is C34H67NO6Si3. The maximum Gasteiger partial charge on any atom is 0.245 e.